The average Bonchev–Trinajstić information content (AvgIpc) is 2.55. The molecule has 0 saturated carbocycles. The second-order valence-electron chi connectivity index (χ2n) is 4.36. The molecule has 0 saturated heterocycles. The normalized spacial score (nSPS) is 10.0. The van der Waals surface area contributed by atoms with Crippen LogP contribution in [0.3, 0.4) is 0 Å². The van der Waals surface area contributed by atoms with Crippen LogP contribution < -0.4 is 20.1 Å². The molecule has 0 amide bonds. The molecular formula is C15H18N4O3S. The number of anilines is 1. The largest absolute Gasteiger partial charge is 0.481 e. The van der Waals surface area contributed by atoms with Crippen LogP contribution in [0.1, 0.15) is 0 Å². The number of nitrogens with zero attached hydrogens (tertiary/aromatic N) is 2. The molecule has 0 aliphatic rings. The molecule has 1 heterocycles. The van der Waals surface area contributed by atoms with Crippen LogP contribution in [0, 0.1) is 0 Å². The molecule has 0 fully saturated rings. The SMILES string of the molecule is COCCNC(=S)Nc1nc(OC)cc(Oc2ccccc2)n1. The Balaban J connectivity index is 2.07. The van der Waals surface area contributed by atoms with E-state index in [1.165, 1.54) is 7.11 Å². The topological polar surface area (TPSA) is 77.5 Å². The molecule has 0 spiro atoms. The molecular weight excluding hydrogens is 316 g/mol. The standard InChI is InChI=1S/C15H18N4O3S/c1-20-9-8-16-15(23)19-14-17-12(21-2)10-13(18-14)22-11-6-4-3-5-7-11/h3-7,10H,8-9H2,1-2H3,(H2,16,17,18,19,23). The van der Waals surface area contributed by atoms with Crippen molar-refractivity contribution in [2.75, 3.05) is 32.7 Å². The number of nitrogens with one attached hydrogen (secondary N) is 2. The summed E-state index contributed by atoms with van der Waals surface area (Å²) in [6.07, 6.45) is 0. The number of methoxy groups -OCH3 is 2. The minimum absolute atomic E-state index is 0.283. The van der Waals surface area contributed by atoms with Gasteiger partial charge in [-0.15, -0.1) is 0 Å². The number of hydrogen-bond acceptors (Lipinski definition) is 6. The third-order valence-corrected chi connectivity index (χ3v) is 2.92. The fourth-order valence-corrected chi connectivity index (χ4v) is 1.83. The number of aromatic nitrogens is 2. The molecule has 1 aromatic heterocycles. The minimum atomic E-state index is 0.283. The van der Waals surface area contributed by atoms with Crippen LogP contribution in [-0.2, 0) is 4.74 Å². The molecule has 2 N–H and O–H groups in total. The summed E-state index contributed by atoms with van der Waals surface area (Å²) in [5.41, 5.74) is 0. The van der Waals surface area contributed by atoms with Crippen LogP contribution in [0.4, 0.5) is 5.95 Å². The molecule has 1 aromatic carbocycles. The summed E-state index contributed by atoms with van der Waals surface area (Å²) in [6.45, 7) is 1.13. The molecule has 0 atom stereocenters. The Labute approximate surface area is 140 Å². The van der Waals surface area contributed by atoms with Gasteiger partial charge in [0.2, 0.25) is 17.7 Å². The second-order valence-corrected chi connectivity index (χ2v) is 4.77. The quantitative estimate of drug-likeness (QED) is 0.589. The lowest BCUT2D eigenvalue weighted by Gasteiger charge is -2.11. The van der Waals surface area contributed by atoms with Crippen molar-refractivity contribution >= 4 is 23.3 Å². The highest BCUT2D eigenvalue weighted by Gasteiger charge is 2.08. The predicted octanol–water partition coefficient (Wildman–Crippen LogP) is 2.21. The van der Waals surface area contributed by atoms with Gasteiger partial charge in [-0.2, -0.15) is 9.97 Å². The lowest BCUT2D eigenvalue weighted by molar-refractivity contribution is 0.204. The van der Waals surface area contributed by atoms with E-state index in [2.05, 4.69) is 20.6 Å². The van der Waals surface area contributed by atoms with Crippen LogP contribution in [0.25, 0.3) is 0 Å². The molecule has 7 nitrogen and oxygen atoms in total. The van der Waals surface area contributed by atoms with Crippen molar-refractivity contribution in [3.63, 3.8) is 0 Å². The van der Waals surface area contributed by atoms with Gasteiger partial charge in [0.15, 0.2) is 5.11 Å². The number of ether oxygens (including phenoxy) is 3. The highest BCUT2D eigenvalue weighted by atomic mass is 32.1. The van der Waals surface area contributed by atoms with Crippen LogP contribution in [0.5, 0.6) is 17.5 Å². The maximum absolute atomic E-state index is 5.69. The van der Waals surface area contributed by atoms with E-state index in [1.807, 2.05) is 30.3 Å². The maximum atomic E-state index is 5.69. The molecule has 0 aliphatic heterocycles. The summed E-state index contributed by atoms with van der Waals surface area (Å²) in [4.78, 5) is 8.44. The third-order valence-electron chi connectivity index (χ3n) is 2.67. The van der Waals surface area contributed by atoms with Gasteiger partial charge < -0.3 is 24.8 Å². The van der Waals surface area contributed by atoms with E-state index in [1.54, 1.807) is 13.2 Å². The first-order valence-electron chi connectivity index (χ1n) is 6.91. The van der Waals surface area contributed by atoms with Crippen molar-refractivity contribution in [2.24, 2.45) is 0 Å². The zero-order chi connectivity index (χ0) is 16.5. The Hall–Kier alpha value is -2.45. The van der Waals surface area contributed by atoms with Crippen molar-refractivity contribution in [3.8, 4) is 17.5 Å². The van der Waals surface area contributed by atoms with Crippen molar-refractivity contribution < 1.29 is 14.2 Å². The van der Waals surface area contributed by atoms with Gasteiger partial charge in [0.05, 0.1) is 19.8 Å². The van der Waals surface area contributed by atoms with Crippen LogP contribution >= 0.6 is 12.2 Å². The number of para-hydroxylation sites is 1. The highest BCUT2D eigenvalue weighted by molar-refractivity contribution is 7.80. The Morgan fingerprint density at radius 1 is 1.13 bits per heavy atom. The van der Waals surface area contributed by atoms with Gasteiger partial charge >= 0.3 is 0 Å². The van der Waals surface area contributed by atoms with Gasteiger partial charge in [-0.05, 0) is 24.4 Å². The molecule has 23 heavy (non-hydrogen) atoms. The lowest BCUT2D eigenvalue weighted by atomic mass is 10.3. The lowest BCUT2D eigenvalue weighted by Crippen LogP contribution is -2.31. The van der Waals surface area contributed by atoms with Crippen LogP contribution in [0.2, 0.25) is 0 Å². The van der Waals surface area contributed by atoms with Crippen LogP contribution in [-0.4, -0.2) is 42.5 Å². The van der Waals surface area contributed by atoms with Gasteiger partial charge in [0, 0.05) is 13.7 Å². The molecule has 2 aromatic rings. The Bertz CT molecular complexity index is 640. The van der Waals surface area contributed by atoms with Crippen molar-refractivity contribution in [1.29, 1.82) is 0 Å². The number of hydrogen-bond donors (Lipinski definition) is 2. The molecule has 122 valence electrons. The van der Waals surface area contributed by atoms with E-state index in [0.29, 0.717) is 35.8 Å². The molecule has 0 unspecified atom stereocenters. The first-order chi connectivity index (χ1) is 11.2. The predicted molar refractivity (Wildman–Crippen MR) is 91.2 cm³/mol. The summed E-state index contributed by atoms with van der Waals surface area (Å²) in [5, 5.41) is 6.25. The summed E-state index contributed by atoms with van der Waals surface area (Å²) in [5.74, 6) is 1.67. The van der Waals surface area contributed by atoms with E-state index >= 15 is 0 Å². The van der Waals surface area contributed by atoms with E-state index in [-0.39, 0.29) is 5.95 Å². The van der Waals surface area contributed by atoms with Crippen molar-refractivity contribution in [2.45, 2.75) is 0 Å². The first-order valence-corrected chi connectivity index (χ1v) is 7.32. The fraction of sp³-hybridized carbons (Fsp3) is 0.267. The summed E-state index contributed by atoms with van der Waals surface area (Å²) < 4.78 is 15.8. The van der Waals surface area contributed by atoms with Gasteiger partial charge in [0.25, 0.3) is 0 Å². The monoisotopic (exact) mass is 334 g/mol. The van der Waals surface area contributed by atoms with Crippen molar-refractivity contribution in [1.82, 2.24) is 15.3 Å². The van der Waals surface area contributed by atoms with E-state index in [4.69, 9.17) is 26.4 Å². The van der Waals surface area contributed by atoms with Crippen molar-refractivity contribution in [3.05, 3.63) is 36.4 Å². The maximum Gasteiger partial charge on any atom is 0.235 e. The van der Waals surface area contributed by atoms with E-state index in [0.717, 1.165) is 0 Å². The molecule has 2 rings (SSSR count). The molecule has 0 aliphatic carbocycles. The highest BCUT2D eigenvalue weighted by Crippen LogP contribution is 2.23. The first kappa shape index (κ1) is 16.9. The zero-order valence-corrected chi connectivity index (χ0v) is 13.7. The smallest absolute Gasteiger partial charge is 0.235 e. The molecule has 8 heteroatoms. The third kappa shape index (κ3) is 5.68. The van der Waals surface area contributed by atoms with E-state index in [9.17, 15) is 0 Å². The average molecular weight is 334 g/mol. The summed E-state index contributed by atoms with van der Waals surface area (Å²) >= 11 is 5.16. The van der Waals surface area contributed by atoms with Gasteiger partial charge in [-0.1, -0.05) is 18.2 Å². The van der Waals surface area contributed by atoms with Gasteiger partial charge in [-0.25, -0.2) is 0 Å². The second kappa shape index (κ2) is 8.86. The number of benzene rings is 1. The molecule has 0 radical (unpaired) electrons. The Morgan fingerprint density at radius 2 is 1.87 bits per heavy atom. The van der Waals surface area contributed by atoms with Crippen LogP contribution in [0.15, 0.2) is 36.4 Å². The van der Waals surface area contributed by atoms with Gasteiger partial charge in [-0.3, -0.25) is 0 Å². The Kier molecular flexibility index (Phi) is 6.52. The van der Waals surface area contributed by atoms with Gasteiger partial charge in [0.1, 0.15) is 5.75 Å². The Morgan fingerprint density at radius 3 is 2.57 bits per heavy atom. The minimum Gasteiger partial charge on any atom is -0.481 e. The van der Waals surface area contributed by atoms with E-state index < -0.39 is 0 Å². The zero-order valence-electron chi connectivity index (χ0n) is 12.9. The summed E-state index contributed by atoms with van der Waals surface area (Å²) in [6, 6.07) is 10.9. The summed E-state index contributed by atoms with van der Waals surface area (Å²) in [7, 11) is 3.14. The molecule has 0 bridgehead atoms. The number of thiocarbonyl (C=S) groups is 1. The number of rotatable bonds is 7. The fourth-order valence-electron chi connectivity index (χ4n) is 1.64.